The lowest BCUT2D eigenvalue weighted by molar-refractivity contribution is 0.0811. The molecule has 0 saturated heterocycles. The first-order chi connectivity index (χ1) is 9.49. The Morgan fingerprint density at radius 1 is 1.10 bits per heavy atom. The molecular formula is C14H16F3NO2. The lowest BCUT2D eigenvalue weighted by Crippen LogP contribution is -2.43. The van der Waals surface area contributed by atoms with Crippen LogP contribution in [0, 0.1) is 17.5 Å². The highest BCUT2D eigenvalue weighted by Crippen LogP contribution is 2.20. The molecule has 0 aliphatic heterocycles. The number of aliphatic hydroxyl groups excluding tert-OH is 1. The van der Waals surface area contributed by atoms with Crippen molar-refractivity contribution in [1.29, 1.82) is 0 Å². The predicted molar refractivity (Wildman–Crippen MR) is 66.7 cm³/mol. The number of hydrogen-bond donors (Lipinski definition) is 2. The molecule has 0 aromatic heterocycles. The van der Waals surface area contributed by atoms with Crippen LogP contribution in [-0.2, 0) is 0 Å². The smallest absolute Gasteiger partial charge is 0.257 e. The minimum Gasteiger partial charge on any atom is -0.391 e. The highest BCUT2D eigenvalue weighted by atomic mass is 19.1. The minimum atomic E-state index is -1.25. The van der Waals surface area contributed by atoms with E-state index in [1.54, 1.807) is 0 Å². The van der Waals surface area contributed by atoms with E-state index in [0.29, 0.717) is 25.0 Å². The van der Waals surface area contributed by atoms with E-state index in [0.717, 1.165) is 19.3 Å². The van der Waals surface area contributed by atoms with Gasteiger partial charge in [-0.15, -0.1) is 0 Å². The van der Waals surface area contributed by atoms with Crippen molar-refractivity contribution in [2.45, 2.75) is 44.2 Å². The topological polar surface area (TPSA) is 49.3 Å². The van der Waals surface area contributed by atoms with Crippen molar-refractivity contribution < 1.29 is 23.1 Å². The number of rotatable bonds is 2. The Kier molecular flexibility index (Phi) is 4.65. The van der Waals surface area contributed by atoms with Crippen molar-refractivity contribution in [3.05, 3.63) is 35.1 Å². The zero-order chi connectivity index (χ0) is 14.7. The monoisotopic (exact) mass is 287 g/mol. The molecule has 6 heteroatoms. The number of carbonyl (C=O) groups is 1. The van der Waals surface area contributed by atoms with Gasteiger partial charge < -0.3 is 10.4 Å². The van der Waals surface area contributed by atoms with Gasteiger partial charge in [-0.25, -0.2) is 13.2 Å². The van der Waals surface area contributed by atoms with E-state index in [2.05, 4.69) is 5.32 Å². The normalized spacial score (nSPS) is 23.2. The molecule has 1 aromatic rings. The van der Waals surface area contributed by atoms with Crippen LogP contribution < -0.4 is 5.32 Å². The van der Waals surface area contributed by atoms with Gasteiger partial charge in [-0.05, 0) is 12.8 Å². The molecule has 0 spiro atoms. The van der Waals surface area contributed by atoms with Crippen molar-refractivity contribution in [1.82, 2.24) is 5.32 Å². The quantitative estimate of drug-likeness (QED) is 0.821. The number of nitrogens with one attached hydrogen (secondary N) is 1. The Labute approximate surface area is 114 Å². The van der Waals surface area contributed by atoms with E-state index < -0.39 is 41.1 Å². The molecule has 1 fully saturated rings. The molecule has 1 amide bonds. The van der Waals surface area contributed by atoms with Crippen LogP contribution in [0.15, 0.2) is 12.1 Å². The van der Waals surface area contributed by atoms with Gasteiger partial charge >= 0.3 is 0 Å². The Hall–Kier alpha value is -1.56. The summed E-state index contributed by atoms with van der Waals surface area (Å²) in [6.45, 7) is 0. The van der Waals surface area contributed by atoms with Gasteiger partial charge in [0.15, 0.2) is 0 Å². The molecule has 2 N–H and O–H groups in total. The predicted octanol–water partition coefficient (Wildman–Crippen LogP) is 2.53. The van der Waals surface area contributed by atoms with Gasteiger partial charge in [-0.1, -0.05) is 19.3 Å². The maximum Gasteiger partial charge on any atom is 0.257 e. The fourth-order valence-electron chi connectivity index (χ4n) is 2.46. The van der Waals surface area contributed by atoms with Gasteiger partial charge in [-0.3, -0.25) is 4.79 Å². The maximum absolute atomic E-state index is 13.5. The Morgan fingerprint density at radius 2 is 1.70 bits per heavy atom. The molecule has 1 saturated carbocycles. The van der Waals surface area contributed by atoms with Crippen LogP contribution in [0.2, 0.25) is 0 Å². The Balaban J connectivity index is 2.15. The zero-order valence-corrected chi connectivity index (χ0v) is 10.8. The number of halogens is 3. The van der Waals surface area contributed by atoms with E-state index in [1.807, 2.05) is 0 Å². The van der Waals surface area contributed by atoms with Crippen molar-refractivity contribution in [2.75, 3.05) is 0 Å². The average molecular weight is 287 g/mol. The van der Waals surface area contributed by atoms with Gasteiger partial charge in [-0.2, -0.15) is 0 Å². The van der Waals surface area contributed by atoms with Crippen LogP contribution in [0.4, 0.5) is 13.2 Å². The molecular weight excluding hydrogens is 271 g/mol. The molecule has 110 valence electrons. The van der Waals surface area contributed by atoms with Crippen LogP contribution in [0.1, 0.15) is 42.5 Å². The highest BCUT2D eigenvalue weighted by Gasteiger charge is 2.26. The second kappa shape index (κ2) is 6.26. The second-order valence-electron chi connectivity index (χ2n) is 5.03. The molecule has 2 atom stereocenters. The summed E-state index contributed by atoms with van der Waals surface area (Å²) in [6.07, 6.45) is 3.00. The SMILES string of the molecule is O=C(NC1CCCCCC1O)c1c(F)cc(F)cc1F. The summed E-state index contributed by atoms with van der Waals surface area (Å²) in [5.41, 5.74) is -0.817. The fraction of sp³-hybridized carbons (Fsp3) is 0.500. The van der Waals surface area contributed by atoms with E-state index in [1.165, 1.54) is 0 Å². The summed E-state index contributed by atoms with van der Waals surface area (Å²) in [4.78, 5) is 11.9. The highest BCUT2D eigenvalue weighted by molar-refractivity contribution is 5.95. The van der Waals surface area contributed by atoms with Gasteiger partial charge in [0, 0.05) is 12.1 Å². The second-order valence-corrected chi connectivity index (χ2v) is 5.03. The molecule has 1 aliphatic rings. The van der Waals surface area contributed by atoms with E-state index >= 15 is 0 Å². The zero-order valence-electron chi connectivity index (χ0n) is 10.8. The first kappa shape index (κ1) is 14.8. The van der Waals surface area contributed by atoms with E-state index in [9.17, 15) is 23.1 Å². The number of benzene rings is 1. The maximum atomic E-state index is 13.5. The van der Waals surface area contributed by atoms with Gasteiger partial charge in [0.2, 0.25) is 0 Å². The van der Waals surface area contributed by atoms with Gasteiger partial charge in [0.05, 0.1) is 12.1 Å². The number of aliphatic hydroxyl groups is 1. The Morgan fingerprint density at radius 3 is 2.35 bits per heavy atom. The summed E-state index contributed by atoms with van der Waals surface area (Å²) >= 11 is 0. The van der Waals surface area contributed by atoms with Crippen molar-refractivity contribution in [2.24, 2.45) is 0 Å². The van der Waals surface area contributed by atoms with E-state index in [-0.39, 0.29) is 0 Å². The molecule has 3 nitrogen and oxygen atoms in total. The standard InChI is InChI=1S/C14H16F3NO2/c15-8-6-9(16)13(10(17)7-8)14(20)18-11-4-2-1-3-5-12(11)19/h6-7,11-12,19H,1-5H2,(H,18,20). The summed E-state index contributed by atoms with van der Waals surface area (Å²) in [7, 11) is 0. The summed E-state index contributed by atoms with van der Waals surface area (Å²) in [5.74, 6) is -4.54. The summed E-state index contributed by atoms with van der Waals surface area (Å²) in [5, 5.41) is 12.3. The molecule has 2 unspecified atom stereocenters. The van der Waals surface area contributed by atoms with Gasteiger partial charge in [0.1, 0.15) is 23.0 Å². The third-order valence-electron chi connectivity index (χ3n) is 3.53. The Bertz CT molecular complexity index is 484. The number of carbonyl (C=O) groups excluding carboxylic acids is 1. The van der Waals surface area contributed by atoms with Crippen LogP contribution in [0.25, 0.3) is 0 Å². The molecule has 0 heterocycles. The van der Waals surface area contributed by atoms with Crippen LogP contribution >= 0.6 is 0 Å². The first-order valence-corrected chi connectivity index (χ1v) is 6.62. The summed E-state index contributed by atoms with van der Waals surface area (Å²) in [6, 6.07) is 0.386. The molecule has 0 bridgehead atoms. The average Bonchev–Trinajstić information content (AvgIpc) is 2.53. The lowest BCUT2D eigenvalue weighted by atomic mass is 10.1. The number of amides is 1. The molecule has 20 heavy (non-hydrogen) atoms. The third-order valence-corrected chi connectivity index (χ3v) is 3.53. The molecule has 2 rings (SSSR count). The molecule has 1 aliphatic carbocycles. The largest absolute Gasteiger partial charge is 0.391 e. The van der Waals surface area contributed by atoms with Gasteiger partial charge in [0.25, 0.3) is 5.91 Å². The van der Waals surface area contributed by atoms with Crippen molar-refractivity contribution in [3.63, 3.8) is 0 Å². The fourth-order valence-corrected chi connectivity index (χ4v) is 2.46. The van der Waals surface area contributed by atoms with E-state index in [4.69, 9.17) is 0 Å². The minimum absolute atomic E-state index is 0.460. The first-order valence-electron chi connectivity index (χ1n) is 6.62. The molecule has 1 aromatic carbocycles. The van der Waals surface area contributed by atoms with Crippen molar-refractivity contribution >= 4 is 5.91 Å². The lowest BCUT2D eigenvalue weighted by Gasteiger charge is -2.22. The van der Waals surface area contributed by atoms with Crippen LogP contribution in [-0.4, -0.2) is 23.2 Å². The third kappa shape index (κ3) is 3.30. The molecule has 0 radical (unpaired) electrons. The van der Waals surface area contributed by atoms with Crippen molar-refractivity contribution in [3.8, 4) is 0 Å². The van der Waals surface area contributed by atoms with Crippen LogP contribution in [0.5, 0.6) is 0 Å². The van der Waals surface area contributed by atoms with Crippen LogP contribution in [0.3, 0.4) is 0 Å². The summed E-state index contributed by atoms with van der Waals surface area (Å²) < 4.78 is 39.8. The number of hydrogen-bond acceptors (Lipinski definition) is 2.